The van der Waals surface area contributed by atoms with E-state index < -0.39 is 17.1 Å². The summed E-state index contributed by atoms with van der Waals surface area (Å²) in [7, 11) is 0. The minimum atomic E-state index is -5.09. The number of anilines is 2. The number of nitrogens with zero attached hydrogens (tertiary/aromatic N) is 1. The highest BCUT2D eigenvalue weighted by atomic mass is 19.4. The van der Waals surface area contributed by atoms with Crippen LogP contribution in [0.15, 0.2) is 24.3 Å². The predicted octanol–water partition coefficient (Wildman–Crippen LogP) is 3.19. The van der Waals surface area contributed by atoms with Crippen molar-refractivity contribution in [1.29, 1.82) is 0 Å². The van der Waals surface area contributed by atoms with Crippen molar-refractivity contribution in [3.05, 3.63) is 24.3 Å². The molecule has 0 saturated heterocycles. The lowest BCUT2D eigenvalue weighted by Crippen LogP contribution is -2.30. The van der Waals surface area contributed by atoms with E-state index in [1.807, 2.05) is 0 Å². The van der Waals surface area contributed by atoms with Gasteiger partial charge in [-0.2, -0.15) is 0 Å². The van der Waals surface area contributed by atoms with E-state index in [0.717, 1.165) is 24.3 Å². The molecule has 1 aromatic rings. The summed E-state index contributed by atoms with van der Waals surface area (Å²) in [6.07, 6.45) is -5.09. The molecule has 0 unspecified atom stereocenters. The van der Waals surface area contributed by atoms with Gasteiger partial charge in [0.1, 0.15) is 0 Å². The largest absolute Gasteiger partial charge is 0.512 e. The Morgan fingerprint density at radius 3 is 1.93 bits per heavy atom. The quantitative estimate of drug-likeness (QED) is 0.460. The second-order valence-electron chi connectivity index (χ2n) is 2.39. The average Bonchev–Trinajstić information content (AvgIpc) is 2.15. The summed E-state index contributed by atoms with van der Waals surface area (Å²) in [6.45, 7) is 0. The SMILES string of the molecule is FNc1ccc(N(F)C(F)(F)F)cc1. The van der Waals surface area contributed by atoms with Crippen LogP contribution in [0.1, 0.15) is 0 Å². The van der Waals surface area contributed by atoms with Crippen LogP contribution in [0.2, 0.25) is 0 Å². The van der Waals surface area contributed by atoms with Gasteiger partial charge in [-0.15, -0.1) is 22.8 Å². The number of hydrogen-bond donors (Lipinski definition) is 1. The van der Waals surface area contributed by atoms with Crippen LogP contribution < -0.4 is 10.7 Å². The van der Waals surface area contributed by atoms with Crippen molar-refractivity contribution in [3.63, 3.8) is 0 Å². The third-order valence-electron chi connectivity index (χ3n) is 1.43. The highest BCUT2D eigenvalue weighted by Gasteiger charge is 2.38. The zero-order chi connectivity index (χ0) is 10.8. The molecule has 0 saturated carbocycles. The van der Waals surface area contributed by atoms with E-state index in [4.69, 9.17) is 0 Å². The maximum Gasteiger partial charge on any atom is 0.512 e. The molecule has 0 aliphatic heterocycles. The van der Waals surface area contributed by atoms with Crippen molar-refractivity contribution in [3.8, 4) is 0 Å². The van der Waals surface area contributed by atoms with Gasteiger partial charge in [-0.25, -0.2) is 5.54 Å². The Hall–Kier alpha value is -1.53. The highest BCUT2D eigenvalue weighted by Crippen LogP contribution is 2.29. The minimum Gasteiger partial charge on any atom is -0.225 e. The minimum absolute atomic E-state index is 0.0516. The van der Waals surface area contributed by atoms with Crippen LogP contribution in [-0.4, -0.2) is 6.30 Å². The lowest BCUT2D eigenvalue weighted by Gasteiger charge is -2.16. The molecule has 0 bridgehead atoms. The van der Waals surface area contributed by atoms with Crippen LogP contribution in [0.25, 0.3) is 0 Å². The lowest BCUT2D eigenvalue weighted by molar-refractivity contribution is -0.157. The molecular formula is C7H5F5N2. The van der Waals surface area contributed by atoms with Crippen molar-refractivity contribution in [1.82, 2.24) is 0 Å². The van der Waals surface area contributed by atoms with Crippen molar-refractivity contribution < 1.29 is 22.1 Å². The van der Waals surface area contributed by atoms with Crippen LogP contribution in [0.5, 0.6) is 0 Å². The second-order valence-corrected chi connectivity index (χ2v) is 2.39. The monoisotopic (exact) mass is 212 g/mol. The van der Waals surface area contributed by atoms with Gasteiger partial charge < -0.3 is 0 Å². The Labute approximate surface area is 75.8 Å². The summed E-state index contributed by atoms with van der Waals surface area (Å²) in [4.78, 5) is 0. The van der Waals surface area contributed by atoms with Gasteiger partial charge in [-0.1, -0.05) is 4.48 Å². The molecular weight excluding hydrogens is 207 g/mol. The maximum absolute atomic E-state index is 12.5. The maximum atomic E-state index is 12.5. The normalized spacial score (nSPS) is 11.2. The van der Waals surface area contributed by atoms with Crippen LogP contribution in [0.4, 0.5) is 33.5 Å². The fraction of sp³-hybridized carbons (Fsp3) is 0.143. The first-order chi connectivity index (χ1) is 6.45. The molecule has 0 aromatic heterocycles. The third kappa shape index (κ3) is 2.24. The number of halogens is 5. The molecule has 14 heavy (non-hydrogen) atoms. The topological polar surface area (TPSA) is 15.3 Å². The van der Waals surface area contributed by atoms with Gasteiger partial charge in [-0.3, -0.25) is 0 Å². The molecule has 2 nitrogen and oxygen atoms in total. The standard InChI is InChI=1S/C7H5F5N2/c8-7(9,10)14(12)6-3-1-5(13-11)2-4-6/h1-4,13H. The second kappa shape index (κ2) is 3.69. The fourth-order valence-corrected chi connectivity index (χ4v) is 0.802. The van der Waals surface area contributed by atoms with Crippen LogP contribution in [0, 0.1) is 0 Å². The molecule has 7 heteroatoms. The summed E-state index contributed by atoms with van der Waals surface area (Å²) < 4.78 is 59.5. The van der Waals surface area contributed by atoms with E-state index in [0.29, 0.717) is 0 Å². The van der Waals surface area contributed by atoms with Crippen LogP contribution in [0.3, 0.4) is 0 Å². The van der Waals surface area contributed by atoms with Crippen LogP contribution in [-0.2, 0) is 0 Å². The number of nitrogens with one attached hydrogen (secondary N) is 1. The fourth-order valence-electron chi connectivity index (χ4n) is 0.802. The first-order valence-corrected chi connectivity index (χ1v) is 3.44. The van der Waals surface area contributed by atoms with Gasteiger partial charge in [0.2, 0.25) is 0 Å². The van der Waals surface area contributed by atoms with Gasteiger partial charge in [0, 0.05) is 0 Å². The van der Waals surface area contributed by atoms with Crippen molar-refractivity contribution >= 4 is 11.4 Å². The predicted molar refractivity (Wildman–Crippen MR) is 40.8 cm³/mol. The summed E-state index contributed by atoms with van der Waals surface area (Å²) in [5.74, 6) is 0. The molecule has 1 N–H and O–H groups in total. The van der Waals surface area contributed by atoms with Gasteiger partial charge in [0.25, 0.3) is 0 Å². The zero-order valence-corrected chi connectivity index (χ0v) is 6.65. The van der Waals surface area contributed by atoms with Crippen molar-refractivity contribution in [2.24, 2.45) is 0 Å². The van der Waals surface area contributed by atoms with Crippen molar-refractivity contribution in [2.75, 3.05) is 10.7 Å². The van der Waals surface area contributed by atoms with Gasteiger partial charge >= 0.3 is 6.30 Å². The van der Waals surface area contributed by atoms with Gasteiger partial charge in [0.15, 0.2) is 0 Å². The molecule has 0 amide bonds. The Balaban J connectivity index is 2.87. The summed E-state index contributed by atoms with van der Waals surface area (Å²) >= 11 is 0. The molecule has 0 fully saturated rings. The van der Waals surface area contributed by atoms with Gasteiger partial charge in [0.05, 0.1) is 11.4 Å². The number of alkyl halides is 3. The number of benzene rings is 1. The summed E-state index contributed by atoms with van der Waals surface area (Å²) in [5.41, 5.74) is 0.446. The third-order valence-corrected chi connectivity index (χ3v) is 1.43. The first kappa shape index (κ1) is 10.6. The van der Waals surface area contributed by atoms with E-state index >= 15 is 0 Å². The van der Waals surface area contributed by atoms with E-state index in [2.05, 4.69) is 0 Å². The van der Waals surface area contributed by atoms with E-state index in [-0.39, 0.29) is 5.69 Å². The average molecular weight is 212 g/mol. The van der Waals surface area contributed by atoms with Crippen LogP contribution >= 0.6 is 0 Å². The Morgan fingerprint density at radius 2 is 1.57 bits per heavy atom. The highest BCUT2D eigenvalue weighted by molar-refractivity contribution is 5.53. The summed E-state index contributed by atoms with van der Waals surface area (Å²) in [5, 5.41) is -1.35. The van der Waals surface area contributed by atoms with E-state index in [1.165, 1.54) is 5.54 Å². The Morgan fingerprint density at radius 1 is 1.07 bits per heavy atom. The Kier molecular flexibility index (Phi) is 2.78. The summed E-state index contributed by atoms with van der Waals surface area (Å²) in [6, 6.07) is 3.56. The van der Waals surface area contributed by atoms with Gasteiger partial charge in [-0.05, 0) is 24.3 Å². The first-order valence-electron chi connectivity index (χ1n) is 3.44. The molecule has 0 aliphatic rings. The number of hydrogen-bond acceptors (Lipinski definition) is 2. The molecule has 78 valence electrons. The molecule has 1 aromatic carbocycles. The molecule has 0 atom stereocenters. The van der Waals surface area contributed by atoms with Crippen molar-refractivity contribution in [2.45, 2.75) is 6.30 Å². The zero-order valence-electron chi connectivity index (χ0n) is 6.65. The number of rotatable bonds is 2. The molecule has 0 aliphatic carbocycles. The Bertz CT molecular complexity index is 294. The lowest BCUT2D eigenvalue weighted by atomic mass is 10.3. The molecule has 0 radical (unpaired) electrons. The molecule has 1 rings (SSSR count). The van der Waals surface area contributed by atoms with E-state index in [9.17, 15) is 22.1 Å². The molecule has 0 heterocycles. The van der Waals surface area contributed by atoms with E-state index in [1.54, 1.807) is 0 Å². The smallest absolute Gasteiger partial charge is 0.225 e. The molecule has 0 spiro atoms.